The topological polar surface area (TPSA) is 64.1 Å². The molecule has 0 saturated heterocycles. The van der Waals surface area contributed by atoms with E-state index in [1.54, 1.807) is 0 Å². The monoisotopic (exact) mass is 169 g/mol. The van der Waals surface area contributed by atoms with Crippen LogP contribution in [0.25, 0.3) is 0 Å². The zero-order chi connectivity index (χ0) is 9.14. The molecule has 1 aromatic heterocycles. The van der Waals surface area contributed by atoms with Crippen LogP contribution in [0.15, 0.2) is 6.07 Å². The lowest BCUT2D eigenvalue weighted by Crippen LogP contribution is -2.13. The summed E-state index contributed by atoms with van der Waals surface area (Å²) in [5.74, 6) is 0.764. The molecule has 4 heteroatoms. The van der Waals surface area contributed by atoms with Gasteiger partial charge in [-0.25, -0.2) is 0 Å². The minimum absolute atomic E-state index is 0.180. The number of hydrogen-bond acceptors (Lipinski definition) is 3. The van der Waals surface area contributed by atoms with Gasteiger partial charge in [-0.2, -0.15) is 5.10 Å². The first-order chi connectivity index (χ1) is 5.63. The molecule has 1 heterocycles. The molecular weight excluding hydrogens is 154 g/mol. The van der Waals surface area contributed by atoms with E-state index in [1.807, 2.05) is 24.6 Å². The third-order valence-electron chi connectivity index (χ3n) is 1.80. The number of aliphatic hydroxyl groups is 1. The van der Waals surface area contributed by atoms with Gasteiger partial charge in [0.15, 0.2) is 0 Å². The summed E-state index contributed by atoms with van der Waals surface area (Å²) in [6.07, 6.45) is 0. The molecule has 1 atom stereocenters. The van der Waals surface area contributed by atoms with Crippen LogP contribution in [0.3, 0.4) is 0 Å². The maximum atomic E-state index is 8.82. The molecule has 0 spiro atoms. The number of hydrogen-bond donors (Lipinski definition) is 2. The summed E-state index contributed by atoms with van der Waals surface area (Å²) in [6, 6.07) is 1.82. The Bertz CT molecular complexity index is 257. The van der Waals surface area contributed by atoms with Crippen LogP contribution in [0.4, 0.5) is 5.82 Å². The Balaban J connectivity index is 2.68. The van der Waals surface area contributed by atoms with Gasteiger partial charge in [-0.1, -0.05) is 6.92 Å². The Hall–Kier alpha value is -1.03. The zero-order valence-electron chi connectivity index (χ0n) is 7.49. The molecule has 0 aliphatic rings. The van der Waals surface area contributed by atoms with Gasteiger partial charge in [-0.15, -0.1) is 0 Å². The third kappa shape index (κ3) is 1.98. The minimum atomic E-state index is 0.180. The molecule has 4 nitrogen and oxygen atoms in total. The lowest BCUT2D eigenvalue weighted by atomic mass is 10.2. The Labute approximate surface area is 72.0 Å². The molecule has 0 amide bonds. The summed E-state index contributed by atoms with van der Waals surface area (Å²) in [7, 11) is 0. The second kappa shape index (κ2) is 3.58. The molecule has 0 radical (unpaired) electrons. The van der Waals surface area contributed by atoms with Crippen molar-refractivity contribution in [1.29, 1.82) is 0 Å². The van der Waals surface area contributed by atoms with Crippen LogP contribution in [0, 0.1) is 12.8 Å². The molecule has 0 bridgehead atoms. The van der Waals surface area contributed by atoms with E-state index in [1.165, 1.54) is 0 Å². The standard InChI is InChI=1S/C8H15N3O/c1-6(5-12)4-11-7(2)3-8(9)10-11/h3,6,12H,4-5H2,1-2H3,(H2,9,10). The van der Waals surface area contributed by atoms with Crippen molar-refractivity contribution in [1.82, 2.24) is 9.78 Å². The summed E-state index contributed by atoms with van der Waals surface area (Å²) < 4.78 is 1.82. The van der Waals surface area contributed by atoms with E-state index in [2.05, 4.69) is 5.10 Å². The van der Waals surface area contributed by atoms with Gasteiger partial charge in [0.2, 0.25) is 0 Å². The van der Waals surface area contributed by atoms with Gasteiger partial charge in [0.1, 0.15) is 5.82 Å². The highest BCUT2D eigenvalue weighted by molar-refractivity contribution is 5.28. The van der Waals surface area contributed by atoms with Crippen LogP contribution in [-0.2, 0) is 6.54 Å². The van der Waals surface area contributed by atoms with Crippen LogP contribution in [0.5, 0.6) is 0 Å². The van der Waals surface area contributed by atoms with Crippen LogP contribution in [0.2, 0.25) is 0 Å². The molecule has 3 N–H and O–H groups in total. The maximum absolute atomic E-state index is 8.82. The average Bonchev–Trinajstić information content (AvgIpc) is 2.30. The van der Waals surface area contributed by atoms with Crippen molar-refractivity contribution in [3.05, 3.63) is 11.8 Å². The summed E-state index contributed by atoms with van der Waals surface area (Å²) in [6.45, 7) is 4.82. The van der Waals surface area contributed by atoms with Crippen LogP contribution >= 0.6 is 0 Å². The molecule has 0 aliphatic carbocycles. The lowest BCUT2D eigenvalue weighted by molar-refractivity contribution is 0.218. The van der Waals surface area contributed by atoms with Gasteiger partial charge in [-0.05, 0) is 12.8 Å². The smallest absolute Gasteiger partial charge is 0.145 e. The fourth-order valence-electron chi connectivity index (χ4n) is 1.07. The number of nitrogens with zero attached hydrogens (tertiary/aromatic N) is 2. The van der Waals surface area contributed by atoms with E-state index in [9.17, 15) is 0 Å². The van der Waals surface area contributed by atoms with E-state index in [-0.39, 0.29) is 12.5 Å². The Morgan fingerprint density at radius 2 is 2.42 bits per heavy atom. The highest BCUT2D eigenvalue weighted by Gasteiger charge is 2.05. The Morgan fingerprint density at radius 1 is 1.75 bits per heavy atom. The molecule has 0 fully saturated rings. The number of nitrogens with two attached hydrogens (primary N) is 1. The van der Waals surface area contributed by atoms with Gasteiger partial charge >= 0.3 is 0 Å². The number of nitrogen functional groups attached to an aromatic ring is 1. The largest absolute Gasteiger partial charge is 0.396 e. The van der Waals surface area contributed by atoms with Crippen molar-refractivity contribution in [3.8, 4) is 0 Å². The molecule has 1 rings (SSSR count). The summed E-state index contributed by atoms with van der Waals surface area (Å²) in [5.41, 5.74) is 6.54. The lowest BCUT2D eigenvalue weighted by Gasteiger charge is -2.08. The van der Waals surface area contributed by atoms with Crippen molar-refractivity contribution in [3.63, 3.8) is 0 Å². The molecular formula is C8H15N3O. The van der Waals surface area contributed by atoms with Crippen molar-refractivity contribution in [2.75, 3.05) is 12.3 Å². The molecule has 0 aromatic carbocycles. The van der Waals surface area contributed by atoms with Gasteiger partial charge < -0.3 is 10.8 Å². The number of aryl methyl sites for hydroxylation is 1. The first-order valence-electron chi connectivity index (χ1n) is 4.04. The maximum Gasteiger partial charge on any atom is 0.145 e. The fraction of sp³-hybridized carbons (Fsp3) is 0.625. The normalized spacial score (nSPS) is 13.2. The quantitative estimate of drug-likeness (QED) is 0.688. The second-order valence-corrected chi connectivity index (χ2v) is 3.18. The van der Waals surface area contributed by atoms with E-state index in [4.69, 9.17) is 10.8 Å². The van der Waals surface area contributed by atoms with E-state index >= 15 is 0 Å². The van der Waals surface area contributed by atoms with E-state index in [0.29, 0.717) is 5.82 Å². The average molecular weight is 169 g/mol. The zero-order valence-corrected chi connectivity index (χ0v) is 7.49. The van der Waals surface area contributed by atoms with Crippen molar-refractivity contribution >= 4 is 5.82 Å². The van der Waals surface area contributed by atoms with Crippen LogP contribution in [0.1, 0.15) is 12.6 Å². The second-order valence-electron chi connectivity index (χ2n) is 3.18. The summed E-state index contributed by atoms with van der Waals surface area (Å²) in [5, 5.41) is 12.9. The molecule has 12 heavy (non-hydrogen) atoms. The van der Waals surface area contributed by atoms with Gasteiger partial charge in [0.25, 0.3) is 0 Å². The molecule has 1 aromatic rings. The molecule has 0 saturated carbocycles. The number of aliphatic hydroxyl groups excluding tert-OH is 1. The molecule has 0 aliphatic heterocycles. The van der Waals surface area contributed by atoms with Gasteiger partial charge in [-0.3, -0.25) is 4.68 Å². The summed E-state index contributed by atoms with van der Waals surface area (Å²) >= 11 is 0. The first-order valence-corrected chi connectivity index (χ1v) is 4.04. The molecule has 68 valence electrons. The predicted molar refractivity (Wildman–Crippen MR) is 47.6 cm³/mol. The van der Waals surface area contributed by atoms with E-state index < -0.39 is 0 Å². The first kappa shape index (κ1) is 9.06. The Kier molecular flexibility index (Phi) is 2.70. The van der Waals surface area contributed by atoms with Crippen molar-refractivity contribution < 1.29 is 5.11 Å². The van der Waals surface area contributed by atoms with Crippen LogP contribution in [-0.4, -0.2) is 21.5 Å². The highest BCUT2D eigenvalue weighted by Crippen LogP contribution is 2.07. The van der Waals surface area contributed by atoms with Crippen molar-refractivity contribution in [2.45, 2.75) is 20.4 Å². The predicted octanol–water partition coefficient (Wildman–Crippen LogP) is 0.402. The van der Waals surface area contributed by atoms with Gasteiger partial charge in [0, 0.05) is 24.9 Å². The number of anilines is 1. The SMILES string of the molecule is Cc1cc(N)nn1CC(C)CO. The third-order valence-corrected chi connectivity index (χ3v) is 1.80. The minimum Gasteiger partial charge on any atom is -0.396 e. The number of rotatable bonds is 3. The Morgan fingerprint density at radius 3 is 2.83 bits per heavy atom. The van der Waals surface area contributed by atoms with E-state index in [0.717, 1.165) is 12.2 Å². The van der Waals surface area contributed by atoms with Gasteiger partial charge in [0.05, 0.1) is 0 Å². The number of aromatic nitrogens is 2. The fourth-order valence-corrected chi connectivity index (χ4v) is 1.07. The van der Waals surface area contributed by atoms with Crippen LogP contribution < -0.4 is 5.73 Å². The van der Waals surface area contributed by atoms with Crippen molar-refractivity contribution in [2.24, 2.45) is 5.92 Å². The molecule has 1 unspecified atom stereocenters. The highest BCUT2D eigenvalue weighted by atomic mass is 16.3. The summed E-state index contributed by atoms with van der Waals surface area (Å²) in [4.78, 5) is 0.